The fourth-order valence-corrected chi connectivity index (χ4v) is 3.15. The lowest BCUT2D eigenvalue weighted by atomic mass is 10.1. The number of rotatable bonds is 4. The summed E-state index contributed by atoms with van der Waals surface area (Å²) in [6.07, 6.45) is 0. The average molecular weight is 344 g/mol. The Kier molecular flexibility index (Phi) is 4.33. The molecule has 0 radical (unpaired) electrons. The Morgan fingerprint density at radius 3 is 2.35 bits per heavy atom. The zero-order valence-corrected chi connectivity index (χ0v) is 12.4. The molecule has 2 aromatic rings. The highest BCUT2D eigenvalue weighted by Crippen LogP contribution is 2.24. The lowest BCUT2D eigenvalue weighted by molar-refractivity contribution is -0.255. The van der Waals surface area contributed by atoms with E-state index in [1.54, 1.807) is 4.72 Å². The Bertz CT molecular complexity index is 897. The average Bonchev–Trinajstić information content (AvgIpc) is 2.48. The van der Waals surface area contributed by atoms with E-state index in [2.05, 4.69) is 0 Å². The fraction of sp³-hybridized carbons (Fsp3) is 0.0714. The number of carboxylic acid groups (broad SMARTS) is 1. The van der Waals surface area contributed by atoms with Gasteiger partial charge < -0.3 is 9.90 Å². The van der Waals surface area contributed by atoms with Crippen molar-refractivity contribution in [2.24, 2.45) is 0 Å². The number of carbonyl (C=O) groups excluding carboxylic acids is 1. The van der Waals surface area contributed by atoms with Gasteiger partial charge in [-0.05, 0) is 36.2 Å². The van der Waals surface area contributed by atoms with Crippen molar-refractivity contribution in [3.63, 3.8) is 0 Å². The summed E-state index contributed by atoms with van der Waals surface area (Å²) in [5, 5.41) is 10.8. The molecule has 0 spiro atoms. The third-order valence-corrected chi connectivity index (χ3v) is 4.50. The Balaban J connectivity index is 2.50. The summed E-state index contributed by atoms with van der Waals surface area (Å²) < 4.78 is 65.8. The number of hydrogen-bond donors (Lipinski definition) is 1. The van der Waals surface area contributed by atoms with Crippen molar-refractivity contribution in [2.45, 2.75) is 11.8 Å². The maximum absolute atomic E-state index is 13.6. The summed E-state index contributed by atoms with van der Waals surface area (Å²) in [7, 11) is -4.42. The number of anilines is 1. The molecule has 0 atom stereocenters. The van der Waals surface area contributed by atoms with Crippen molar-refractivity contribution in [3.05, 3.63) is 58.9 Å². The van der Waals surface area contributed by atoms with Crippen LogP contribution in [0.25, 0.3) is 0 Å². The molecule has 0 aromatic heterocycles. The maximum Gasteiger partial charge on any atom is 0.262 e. The molecule has 0 aliphatic carbocycles. The lowest BCUT2D eigenvalue weighted by Crippen LogP contribution is -2.23. The second kappa shape index (κ2) is 5.92. The quantitative estimate of drug-likeness (QED) is 0.853. The number of hydrogen-bond acceptors (Lipinski definition) is 4. The van der Waals surface area contributed by atoms with Crippen molar-refractivity contribution in [3.8, 4) is 0 Å². The van der Waals surface area contributed by atoms with Gasteiger partial charge in [-0.25, -0.2) is 21.6 Å². The van der Waals surface area contributed by atoms with Gasteiger partial charge in [0.1, 0.15) is 0 Å². The highest BCUT2D eigenvalue weighted by Gasteiger charge is 2.22. The van der Waals surface area contributed by atoms with Crippen LogP contribution in [0.3, 0.4) is 0 Å². The minimum atomic E-state index is -4.42. The first kappa shape index (κ1) is 16.8. The van der Waals surface area contributed by atoms with Gasteiger partial charge in [-0.15, -0.1) is 0 Å². The van der Waals surface area contributed by atoms with E-state index in [1.807, 2.05) is 0 Å². The second-order valence-electron chi connectivity index (χ2n) is 4.60. The van der Waals surface area contributed by atoms with Gasteiger partial charge in [0.05, 0.1) is 16.6 Å². The molecule has 0 bridgehead atoms. The van der Waals surface area contributed by atoms with Crippen LogP contribution in [0, 0.1) is 24.4 Å². The third-order valence-electron chi connectivity index (χ3n) is 2.99. The molecule has 2 aromatic carbocycles. The van der Waals surface area contributed by atoms with Crippen molar-refractivity contribution in [1.29, 1.82) is 0 Å². The van der Waals surface area contributed by atoms with Crippen LogP contribution in [0.1, 0.15) is 15.9 Å². The Labute approximate surface area is 129 Å². The first-order chi connectivity index (χ1) is 10.6. The highest BCUT2D eigenvalue weighted by molar-refractivity contribution is 7.92. The molecular weight excluding hydrogens is 335 g/mol. The third kappa shape index (κ3) is 3.29. The Hall–Kier alpha value is -2.55. The van der Waals surface area contributed by atoms with Crippen LogP contribution in [0.5, 0.6) is 0 Å². The number of carbonyl (C=O) groups is 1. The molecule has 0 aliphatic heterocycles. The zero-order chi connectivity index (χ0) is 17.4. The number of benzene rings is 2. The molecule has 1 N–H and O–H groups in total. The second-order valence-corrected chi connectivity index (χ2v) is 6.25. The molecule has 9 heteroatoms. The van der Waals surface area contributed by atoms with Crippen LogP contribution >= 0.6 is 0 Å². The van der Waals surface area contributed by atoms with Crippen LogP contribution < -0.4 is 9.83 Å². The number of aromatic carboxylic acids is 1. The summed E-state index contributed by atoms with van der Waals surface area (Å²) in [4.78, 5) is 10.4. The topological polar surface area (TPSA) is 86.3 Å². The van der Waals surface area contributed by atoms with E-state index >= 15 is 0 Å². The first-order valence-corrected chi connectivity index (χ1v) is 7.60. The van der Waals surface area contributed by atoms with E-state index in [9.17, 15) is 31.5 Å². The van der Waals surface area contributed by atoms with Gasteiger partial charge in [0.15, 0.2) is 17.5 Å². The molecule has 0 saturated carbocycles. The van der Waals surface area contributed by atoms with E-state index in [4.69, 9.17) is 0 Å². The van der Waals surface area contributed by atoms with Crippen molar-refractivity contribution in [2.75, 3.05) is 4.72 Å². The highest BCUT2D eigenvalue weighted by atomic mass is 32.2. The monoisotopic (exact) mass is 344 g/mol. The molecule has 0 amide bonds. The van der Waals surface area contributed by atoms with Crippen LogP contribution in [-0.4, -0.2) is 14.4 Å². The number of halogens is 3. The van der Waals surface area contributed by atoms with Gasteiger partial charge in [0.25, 0.3) is 10.0 Å². The van der Waals surface area contributed by atoms with Crippen molar-refractivity contribution in [1.82, 2.24) is 0 Å². The molecule has 0 unspecified atom stereocenters. The summed E-state index contributed by atoms with van der Waals surface area (Å²) in [6.45, 7) is 1.38. The molecule has 2 rings (SSSR count). The minimum absolute atomic E-state index is 0.172. The van der Waals surface area contributed by atoms with Crippen LogP contribution in [0.15, 0.2) is 35.2 Å². The van der Waals surface area contributed by atoms with Crippen molar-refractivity contribution < 1.29 is 31.5 Å². The van der Waals surface area contributed by atoms with E-state index in [0.29, 0.717) is 12.1 Å². The van der Waals surface area contributed by atoms with E-state index in [-0.39, 0.29) is 5.56 Å². The first-order valence-electron chi connectivity index (χ1n) is 6.12. The zero-order valence-electron chi connectivity index (χ0n) is 11.6. The van der Waals surface area contributed by atoms with Crippen molar-refractivity contribution >= 4 is 21.7 Å². The van der Waals surface area contributed by atoms with Gasteiger partial charge in [-0.2, -0.15) is 0 Å². The fourth-order valence-electron chi connectivity index (χ4n) is 1.82. The van der Waals surface area contributed by atoms with Crippen LogP contribution in [0.2, 0.25) is 0 Å². The standard InChI is InChI=1S/C14H10F3NO4S/c1-7-2-3-8(14(19)20)6-11(7)23(21,22)18-10-5-4-9(15)12(16)13(10)17/h2-6,18H,1H3,(H,19,20)/p-1. The molecule has 0 saturated heterocycles. The molecule has 0 aliphatic rings. The SMILES string of the molecule is Cc1ccc(C(=O)[O-])cc1S(=O)(=O)Nc1ccc(F)c(F)c1F. The van der Waals surface area contributed by atoms with E-state index in [0.717, 1.165) is 12.1 Å². The summed E-state index contributed by atoms with van der Waals surface area (Å²) in [5.41, 5.74) is -1.03. The predicted octanol–water partition coefficient (Wildman–Crippen LogP) is 1.58. The molecule has 23 heavy (non-hydrogen) atoms. The van der Waals surface area contributed by atoms with E-state index < -0.39 is 49.6 Å². The van der Waals surface area contributed by atoms with Crippen LogP contribution in [-0.2, 0) is 10.0 Å². The molecular formula is C14H9F3NO4S-. The minimum Gasteiger partial charge on any atom is -0.545 e. The van der Waals surface area contributed by atoms with Gasteiger partial charge in [-0.3, -0.25) is 4.72 Å². The van der Waals surface area contributed by atoms with E-state index in [1.165, 1.54) is 13.0 Å². The lowest BCUT2D eigenvalue weighted by Gasteiger charge is -2.13. The predicted molar refractivity (Wildman–Crippen MR) is 72.6 cm³/mol. The van der Waals surface area contributed by atoms with Gasteiger partial charge in [-0.1, -0.05) is 12.1 Å². The molecule has 5 nitrogen and oxygen atoms in total. The van der Waals surface area contributed by atoms with Crippen LogP contribution in [0.4, 0.5) is 18.9 Å². The van der Waals surface area contributed by atoms with Gasteiger partial charge in [0.2, 0.25) is 0 Å². The maximum atomic E-state index is 13.6. The molecule has 122 valence electrons. The largest absolute Gasteiger partial charge is 0.545 e. The Morgan fingerprint density at radius 2 is 1.74 bits per heavy atom. The van der Waals surface area contributed by atoms with Gasteiger partial charge in [0, 0.05) is 0 Å². The smallest absolute Gasteiger partial charge is 0.262 e. The summed E-state index contributed by atoms with van der Waals surface area (Å²) >= 11 is 0. The number of sulfonamides is 1. The number of aryl methyl sites for hydroxylation is 1. The van der Waals surface area contributed by atoms with Gasteiger partial charge >= 0.3 is 0 Å². The Morgan fingerprint density at radius 1 is 1.09 bits per heavy atom. The normalized spacial score (nSPS) is 11.3. The summed E-state index contributed by atoms with van der Waals surface area (Å²) in [5.74, 6) is -6.60. The molecule has 0 fully saturated rings. The summed E-state index contributed by atoms with van der Waals surface area (Å²) in [6, 6.07) is 4.46. The molecule has 0 heterocycles. The number of carboxylic acids is 1. The number of nitrogens with one attached hydrogen (secondary N) is 1.